The molecule has 6 heteroatoms. The number of benzene rings is 2. The highest BCUT2D eigenvalue weighted by Crippen LogP contribution is 2.41. The van der Waals surface area contributed by atoms with E-state index in [0.29, 0.717) is 16.6 Å². The third-order valence-corrected chi connectivity index (χ3v) is 4.98. The van der Waals surface area contributed by atoms with E-state index in [1.165, 1.54) is 5.56 Å². The van der Waals surface area contributed by atoms with Crippen molar-refractivity contribution in [3.8, 4) is 22.8 Å². The average molecular weight is 377 g/mol. The zero-order valence-corrected chi connectivity index (χ0v) is 15.1. The van der Waals surface area contributed by atoms with Gasteiger partial charge in [-0.15, -0.1) is 0 Å². The lowest BCUT2D eigenvalue weighted by Gasteiger charge is -2.07. The topological polar surface area (TPSA) is 60.3 Å². The van der Waals surface area contributed by atoms with Crippen LogP contribution in [-0.2, 0) is 6.42 Å². The zero-order chi connectivity index (χ0) is 17.4. The van der Waals surface area contributed by atoms with Gasteiger partial charge in [-0.1, -0.05) is 23.2 Å². The summed E-state index contributed by atoms with van der Waals surface area (Å²) >= 11 is 12.7. The van der Waals surface area contributed by atoms with Gasteiger partial charge in [0, 0.05) is 27.2 Å². The molecule has 0 atom stereocenters. The first kappa shape index (κ1) is 16.6. The molecule has 1 aliphatic rings. The molecule has 1 aromatic heterocycles. The number of halogens is 2. The van der Waals surface area contributed by atoms with E-state index in [2.05, 4.69) is 4.98 Å². The number of aryl methyl sites for hydroxylation is 1. The molecule has 130 valence electrons. The molecular formula is C19H18Cl2N2O2. The fraction of sp³-hybridized carbons (Fsp3) is 0.263. The minimum absolute atomic E-state index is 0.260. The van der Waals surface area contributed by atoms with Crippen LogP contribution in [0.4, 0.5) is 0 Å². The van der Waals surface area contributed by atoms with Crippen LogP contribution in [0.1, 0.15) is 18.4 Å². The predicted octanol–water partition coefficient (Wildman–Crippen LogP) is 5.15. The molecule has 0 bridgehead atoms. The summed E-state index contributed by atoms with van der Waals surface area (Å²) in [5.74, 6) is 1.53. The Morgan fingerprint density at radius 2 is 1.88 bits per heavy atom. The Kier molecular flexibility index (Phi) is 4.50. The van der Waals surface area contributed by atoms with Gasteiger partial charge in [-0.3, -0.25) is 0 Å². The minimum Gasteiger partial charge on any atom is -0.454 e. The van der Waals surface area contributed by atoms with Crippen LogP contribution in [0.5, 0.6) is 11.5 Å². The molecule has 1 aliphatic heterocycles. The fourth-order valence-electron chi connectivity index (χ4n) is 3.31. The van der Waals surface area contributed by atoms with E-state index in [0.717, 1.165) is 52.9 Å². The quantitative estimate of drug-likeness (QED) is 0.605. The summed E-state index contributed by atoms with van der Waals surface area (Å²) < 4.78 is 10.9. The van der Waals surface area contributed by atoms with Crippen molar-refractivity contribution in [2.24, 2.45) is 5.73 Å². The average Bonchev–Trinajstić information content (AvgIpc) is 3.18. The van der Waals surface area contributed by atoms with Gasteiger partial charge in [0.1, 0.15) is 0 Å². The Labute approximate surface area is 155 Å². The second-order valence-corrected chi connectivity index (χ2v) is 6.95. The van der Waals surface area contributed by atoms with Crippen LogP contribution in [0.25, 0.3) is 22.2 Å². The van der Waals surface area contributed by atoms with Crippen LogP contribution in [0.2, 0.25) is 10.0 Å². The monoisotopic (exact) mass is 376 g/mol. The van der Waals surface area contributed by atoms with Crippen molar-refractivity contribution in [1.29, 1.82) is 0 Å². The number of nitrogens with one attached hydrogen (secondary N) is 1. The molecule has 0 saturated carbocycles. The van der Waals surface area contributed by atoms with Crippen molar-refractivity contribution < 1.29 is 9.47 Å². The van der Waals surface area contributed by atoms with Gasteiger partial charge in [0.25, 0.3) is 0 Å². The molecule has 0 saturated heterocycles. The zero-order valence-electron chi connectivity index (χ0n) is 13.6. The van der Waals surface area contributed by atoms with Crippen LogP contribution in [0.3, 0.4) is 0 Å². The molecule has 0 aliphatic carbocycles. The molecule has 0 radical (unpaired) electrons. The lowest BCUT2D eigenvalue weighted by Crippen LogP contribution is -1.99. The van der Waals surface area contributed by atoms with Gasteiger partial charge in [-0.2, -0.15) is 0 Å². The van der Waals surface area contributed by atoms with E-state index in [1.807, 2.05) is 24.3 Å². The summed E-state index contributed by atoms with van der Waals surface area (Å²) in [6.45, 7) is 0.942. The highest BCUT2D eigenvalue weighted by atomic mass is 35.5. The summed E-state index contributed by atoms with van der Waals surface area (Å²) in [6.07, 6.45) is 2.86. The standard InChI is InChI=1S/C19H18Cl2N2O2/c20-12-8-14(21)18-13(3-1-2-6-22)19(23-15(18)9-12)11-4-5-16-17(7-11)25-10-24-16/h4-5,7-9,23H,1-3,6,10,22H2. The van der Waals surface area contributed by atoms with Crippen molar-refractivity contribution in [2.45, 2.75) is 19.3 Å². The van der Waals surface area contributed by atoms with Gasteiger partial charge in [0.05, 0.1) is 5.02 Å². The number of fused-ring (bicyclic) bond motifs is 2. The Hall–Kier alpha value is -1.88. The predicted molar refractivity (Wildman–Crippen MR) is 102 cm³/mol. The Balaban J connectivity index is 1.86. The summed E-state index contributed by atoms with van der Waals surface area (Å²) in [6, 6.07) is 9.65. The number of unbranched alkanes of at least 4 members (excludes halogenated alkanes) is 1. The number of aromatic amines is 1. The molecule has 3 N–H and O–H groups in total. The highest BCUT2D eigenvalue weighted by Gasteiger charge is 2.19. The number of ether oxygens (including phenoxy) is 2. The van der Waals surface area contributed by atoms with Gasteiger partial charge in [0.2, 0.25) is 6.79 Å². The third-order valence-electron chi connectivity index (χ3n) is 4.46. The van der Waals surface area contributed by atoms with Crippen LogP contribution >= 0.6 is 23.2 Å². The molecule has 3 aromatic rings. The summed E-state index contributed by atoms with van der Waals surface area (Å²) in [5.41, 5.74) is 9.86. The van der Waals surface area contributed by atoms with E-state index in [-0.39, 0.29) is 6.79 Å². The van der Waals surface area contributed by atoms with Crippen molar-refractivity contribution in [1.82, 2.24) is 4.98 Å². The molecule has 0 fully saturated rings. The maximum Gasteiger partial charge on any atom is 0.231 e. The normalized spacial score (nSPS) is 12.9. The van der Waals surface area contributed by atoms with Gasteiger partial charge in [0.15, 0.2) is 11.5 Å². The molecule has 0 amide bonds. The number of aromatic nitrogens is 1. The Bertz CT molecular complexity index is 937. The van der Waals surface area contributed by atoms with Crippen LogP contribution in [0, 0.1) is 0 Å². The number of rotatable bonds is 5. The van der Waals surface area contributed by atoms with Crippen molar-refractivity contribution in [3.05, 3.63) is 45.9 Å². The summed E-state index contributed by atoms with van der Waals surface area (Å²) in [5, 5.41) is 2.30. The van der Waals surface area contributed by atoms with Crippen LogP contribution in [-0.4, -0.2) is 18.3 Å². The van der Waals surface area contributed by atoms with Crippen molar-refractivity contribution in [2.75, 3.05) is 13.3 Å². The Morgan fingerprint density at radius 1 is 1.04 bits per heavy atom. The van der Waals surface area contributed by atoms with E-state index in [9.17, 15) is 0 Å². The van der Waals surface area contributed by atoms with Crippen molar-refractivity contribution in [3.63, 3.8) is 0 Å². The number of nitrogens with two attached hydrogens (primary N) is 1. The summed E-state index contributed by atoms with van der Waals surface area (Å²) in [7, 11) is 0. The lowest BCUT2D eigenvalue weighted by atomic mass is 10.00. The van der Waals surface area contributed by atoms with E-state index < -0.39 is 0 Å². The second kappa shape index (κ2) is 6.79. The molecule has 25 heavy (non-hydrogen) atoms. The summed E-state index contributed by atoms with van der Waals surface area (Å²) in [4.78, 5) is 3.48. The van der Waals surface area contributed by atoms with E-state index in [4.69, 9.17) is 38.4 Å². The van der Waals surface area contributed by atoms with Crippen LogP contribution in [0.15, 0.2) is 30.3 Å². The first-order valence-electron chi connectivity index (χ1n) is 8.27. The third kappa shape index (κ3) is 3.06. The lowest BCUT2D eigenvalue weighted by molar-refractivity contribution is 0.174. The minimum atomic E-state index is 0.260. The molecule has 2 aromatic carbocycles. The Morgan fingerprint density at radius 3 is 2.72 bits per heavy atom. The largest absolute Gasteiger partial charge is 0.454 e. The van der Waals surface area contributed by atoms with Gasteiger partial charge >= 0.3 is 0 Å². The molecule has 0 unspecified atom stereocenters. The maximum atomic E-state index is 6.50. The SMILES string of the molecule is NCCCCc1c(-c2ccc3c(c2)OCO3)[nH]c2cc(Cl)cc(Cl)c12. The number of H-pyrrole nitrogens is 1. The van der Waals surface area contributed by atoms with Crippen LogP contribution < -0.4 is 15.2 Å². The van der Waals surface area contributed by atoms with E-state index >= 15 is 0 Å². The fourth-order valence-corrected chi connectivity index (χ4v) is 3.92. The number of hydrogen-bond acceptors (Lipinski definition) is 3. The molecule has 2 heterocycles. The first-order valence-corrected chi connectivity index (χ1v) is 9.02. The van der Waals surface area contributed by atoms with E-state index in [1.54, 1.807) is 6.07 Å². The number of hydrogen-bond donors (Lipinski definition) is 2. The van der Waals surface area contributed by atoms with Gasteiger partial charge < -0.3 is 20.2 Å². The molecular weight excluding hydrogens is 359 g/mol. The molecule has 4 nitrogen and oxygen atoms in total. The second-order valence-electron chi connectivity index (χ2n) is 6.10. The van der Waals surface area contributed by atoms with Crippen molar-refractivity contribution >= 4 is 34.1 Å². The molecule has 4 rings (SSSR count). The highest BCUT2D eigenvalue weighted by molar-refractivity contribution is 6.39. The smallest absolute Gasteiger partial charge is 0.231 e. The van der Waals surface area contributed by atoms with Gasteiger partial charge in [-0.05, 0) is 61.7 Å². The molecule has 0 spiro atoms. The first-order chi connectivity index (χ1) is 12.2. The maximum absolute atomic E-state index is 6.50. The van der Waals surface area contributed by atoms with Gasteiger partial charge in [-0.25, -0.2) is 0 Å².